The molecule has 0 radical (unpaired) electrons. The van der Waals surface area contributed by atoms with Crippen LogP contribution in [0.4, 0.5) is 0 Å². The topological polar surface area (TPSA) is 64.6 Å². The van der Waals surface area contributed by atoms with Gasteiger partial charge >= 0.3 is 0 Å². The second kappa shape index (κ2) is 6.30. The minimum absolute atomic E-state index is 0.0118. The number of aromatic nitrogens is 2. The van der Waals surface area contributed by atoms with Crippen molar-refractivity contribution in [3.8, 4) is 0 Å². The van der Waals surface area contributed by atoms with Crippen LogP contribution in [-0.2, 0) is 9.47 Å². The maximum Gasteiger partial charge on any atom is 0.257 e. The summed E-state index contributed by atoms with van der Waals surface area (Å²) in [4.78, 5) is 22.6. The summed E-state index contributed by atoms with van der Waals surface area (Å²) < 4.78 is 11.7. The van der Waals surface area contributed by atoms with Crippen LogP contribution in [0.15, 0.2) is 12.5 Å². The van der Waals surface area contributed by atoms with Gasteiger partial charge in [-0.1, -0.05) is 0 Å². The van der Waals surface area contributed by atoms with Gasteiger partial charge in [0.2, 0.25) is 0 Å². The molecule has 0 unspecified atom stereocenters. The summed E-state index contributed by atoms with van der Waals surface area (Å²) in [5.74, 6) is 0.0118. The number of nitrogens with zero attached hydrogens (tertiary/aromatic N) is 3. The molecule has 6 nitrogen and oxygen atoms in total. The minimum atomic E-state index is -0.216. The molecule has 1 amide bonds. The van der Waals surface area contributed by atoms with Gasteiger partial charge in [-0.3, -0.25) is 4.79 Å². The van der Waals surface area contributed by atoms with Gasteiger partial charge in [0.15, 0.2) is 0 Å². The van der Waals surface area contributed by atoms with E-state index in [2.05, 4.69) is 9.97 Å². The van der Waals surface area contributed by atoms with E-state index in [1.807, 2.05) is 11.8 Å². The Morgan fingerprint density at radius 2 is 2.23 bits per heavy atom. The van der Waals surface area contributed by atoms with Crippen LogP contribution in [0.1, 0.15) is 41.7 Å². The van der Waals surface area contributed by atoms with E-state index in [1.165, 1.54) is 6.33 Å². The monoisotopic (exact) mass is 305 g/mol. The van der Waals surface area contributed by atoms with Crippen molar-refractivity contribution in [2.75, 3.05) is 26.8 Å². The predicted octanol–water partition coefficient (Wildman–Crippen LogP) is 1.59. The number of hydrogen-bond donors (Lipinski definition) is 0. The molecule has 2 aliphatic rings. The molecule has 0 aromatic carbocycles. The van der Waals surface area contributed by atoms with Gasteiger partial charge in [0.1, 0.15) is 6.33 Å². The molecule has 0 aliphatic carbocycles. The Bertz CT molecular complexity index is 541. The predicted molar refractivity (Wildman–Crippen MR) is 80.6 cm³/mol. The zero-order valence-corrected chi connectivity index (χ0v) is 13.2. The fraction of sp³-hybridized carbons (Fsp3) is 0.688. The third kappa shape index (κ3) is 2.73. The first-order chi connectivity index (χ1) is 10.7. The molecule has 2 fully saturated rings. The largest absolute Gasteiger partial charge is 0.378 e. The van der Waals surface area contributed by atoms with Crippen molar-refractivity contribution >= 4 is 5.91 Å². The smallest absolute Gasteiger partial charge is 0.257 e. The van der Waals surface area contributed by atoms with Crippen LogP contribution in [-0.4, -0.2) is 59.3 Å². The highest BCUT2D eigenvalue weighted by Gasteiger charge is 2.45. The molecule has 120 valence electrons. The van der Waals surface area contributed by atoms with Gasteiger partial charge in [0.05, 0.1) is 23.0 Å². The number of likely N-dealkylation sites (tertiary alicyclic amines) is 1. The van der Waals surface area contributed by atoms with E-state index in [-0.39, 0.29) is 17.6 Å². The molecule has 3 heterocycles. The number of amides is 1. The van der Waals surface area contributed by atoms with E-state index in [0.29, 0.717) is 18.7 Å². The molecule has 2 aliphatic heterocycles. The number of ether oxygens (including phenoxy) is 2. The van der Waals surface area contributed by atoms with Crippen molar-refractivity contribution < 1.29 is 14.3 Å². The maximum absolute atomic E-state index is 12.6. The molecule has 1 aromatic rings. The van der Waals surface area contributed by atoms with Crippen LogP contribution in [0.2, 0.25) is 0 Å². The van der Waals surface area contributed by atoms with E-state index in [1.54, 1.807) is 13.3 Å². The highest BCUT2D eigenvalue weighted by Crippen LogP contribution is 2.37. The van der Waals surface area contributed by atoms with Gasteiger partial charge in [-0.25, -0.2) is 9.97 Å². The molecule has 0 N–H and O–H groups in total. The minimum Gasteiger partial charge on any atom is -0.378 e. The average molecular weight is 305 g/mol. The lowest BCUT2D eigenvalue weighted by Crippen LogP contribution is -2.56. The molecule has 3 rings (SSSR count). The molecular weight excluding hydrogens is 282 g/mol. The number of rotatable bonds is 2. The fourth-order valence-corrected chi connectivity index (χ4v) is 3.56. The van der Waals surface area contributed by atoms with Crippen LogP contribution >= 0.6 is 0 Å². The number of carbonyl (C=O) groups is 1. The quantitative estimate of drug-likeness (QED) is 0.830. The lowest BCUT2D eigenvalue weighted by atomic mass is 9.81. The highest BCUT2D eigenvalue weighted by molar-refractivity contribution is 5.94. The van der Waals surface area contributed by atoms with Gasteiger partial charge in [0, 0.05) is 33.0 Å². The van der Waals surface area contributed by atoms with E-state index in [4.69, 9.17) is 9.47 Å². The van der Waals surface area contributed by atoms with E-state index >= 15 is 0 Å². The summed E-state index contributed by atoms with van der Waals surface area (Å²) in [6.45, 7) is 4.01. The molecular formula is C16H23N3O3. The molecule has 1 spiro atoms. The van der Waals surface area contributed by atoms with Crippen molar-refractivity contribution in [3.05, 3.63) is 23.8 Å². The molecule has 2 saturated heterocycles. The van der Waals surface area contributed by atoms with Crippen molar-refractivity contribution in [2.45, 2.75) is 44.3 Å². The van der Waals surface area contributed by atoms with E-state index in [0.717, 1.165) is 38.0 Å². The Balaban J connectivity index is 1.69. The Kier molecular flexibility index (Phi) is 4.40. The van der Waals surface area contributed by atoms with Crippen molar-refractivity contribution in [2.24, 2.45) is 0 Å². The Hall–Kier alpha value is -1.53. The number of piperidine rings is 1. The first-order valence-electron chi connectivity index (χ1n) is 7.89. The standard InChI is InChI=1S/C16H23N3O3/c1-12-13(10-17-11-18-12)15(20)19-7-5-16(6-8-19)14(21-2)4-3-9-22-16/h10-11,14H,3-9H2,1-2H3/t14-/m0/s1. The molecule has 1 aromatic heterocycles. The van der Waals surface area contributed by atoms with Crippen LogP contribution in [0.25, 0.3) is 0 Å². The molecule has 6 heteroatoms. The lowest BCUT2D eigenvalue weighted by Gasteiger charge is -2.48. The van der Waals surface area contributed by atoms with Crippen molar-refractivity contribution in [1.29, 1.82) is 0 Å². The summed E-state index contributed by atoms with van der Waals surface area (Å²) in [7, 11) is 1.75. The fourth-order valence-electron chi connectivity index (χ4n) is 3.56. The summed E-state index contributed by atoms with van der Waals surface area (Å²) in [6, 6.07) is 0. The van der Waals surface area contributed by atoms with E-state index in [9.17, 15) is 4.79 Å². The first kappa shape index (κ1) is 15.4. The van der Waals surface area contributed by atoms with Crippen molar-refractivity contribution in [3.63, 3.8) is 0 Å². The van der Waals surface area contributed by atoms with Gasteiger partial charge in [-0.15, -0.1) is 0 Å². The SMILES string of the molecule is CO[C@H]1CCCOC12CCN(C(=O)c1cncnc1C)CC2. The summed E-state index contributed by atoms with van der Waals surface area (Å²) in [5.41, 5.74) is 1.10. The Morgan fingerprint density at radius 1 is 1.45 bits per heavy atom. The number of hydrogen-bond acceptors (Lipinski definition) is 5. The lowest BCUT2D eigenvalue weighted by molar-refractivity contribution is -0.183. The van der Waals surface area contributed by atoms with Gasteiger partial charge in [-0.2, -0.15) is 0 Å². The molecule has 1 atom stereocenters. The number of aryl methyl sites for hydroxylation is 1. The molecule has 0 saturated carbocycles. The third-order valence-corrected chi connectivity index (χ3v) is 4.91. The molecule has 0 bridgehead atoms. The summed E-state index contributed by atoms with van der Waals surface area (Å²) in [6.07, 6.45) is 6.94. The van der Waals surface area contributed by atoms with Crippen molar-refractivity contribution in [1.82, 2.24) is 14.9 Å². The van der Waals surface area contributed by atoms with Crippen LogP contribution < -0.4 is 0 Å². The zero-order chi connectivity index (χ0) is 15.6. The normalized spacial score (nSPS) is 24.5. The molecule has 22 heavy (non-hydrogen) atoms. The van der Waals surface area contributed by atoms with Gasteiger partial charge in [-0.05, 0) is 32.6 Å². The second-order valence-corrected chi connectivity index (χ2v) is 6.09. The zero-order valence-electron chi connectivity index (χ0n) is 13.2. The van der Waals surface area contributed by atoms with Crippen LogP contribution in [0.5, 0.6) is 0 Å². The Morgan fingerprint density at radius 3 is 2.91 bits per heavy atom. The summed E-state index contributed by atoms with van der Waals surface area (Å²) >= 11 is 0. The van der Waals surface area contributed by atoms with Crippen LogP contribution in [0, 0.1) is 6.92 Å². The average Bonchev–Trinajstić information content (AvgIpc) is 2.56. The third-order valence-electron chi connectivity index (χ3n) is 4.91. The van der Waals surface area contributed by atoms with Crippen LogP contribution in [0.3, 0.4) is 0 Å². The van der Waals surface area contributed by atoms with Gasteiger partial charge in [0.25, 0.3) is 5.91 Å². The first-order valence-corrected chi connectivity index (χ1v) is 7.89. The summed E-state index contributed by atoms with van der Waals surface area (Å²) in [5, 5.41) is 0. The Labute approximate surface area is 130 Å². The maximum atomic E-state index is 12.6. The second-order valence-electron chi connectivity index (χ2n) is 6.09. The highest BCUT2D eigenvalue weighted by atomic mass is 16.5. The van der Waals surface area contributed by atoms with Gasteiger partial charge < -0.3 is 14.4 Å². The number of methoxy groups -OCH3 is 1. The number of carbonyl (C=O) groups excluding carboxylic acids is 1. The van der Waals surface area contributed by atoms with E-state index < -0.39 is 0 Å².